The number of benzene rings is 2. The van der Waals surface area contributed by atoms with Gasteiger partial charge in [-0.3, -0.25) is 5.43 Å². The van der Waals surface area contributed by atoms with E-state index in [4.69, 9.17) is 17.5 Å². The lowest BCUT2D eigenvalue weighted by Gasteiger charge is -2.17. The molecule has 0 unspecified atom stereocenters. The zero-order chi connectivity index (χ0) is 20.6. The van der Waals surface area contributed by atoms with E-state index in [-0.39, 0.29) is 10.8 Å². The standard InChI is InChI=1S/C19H18F3N5S/c1-27(12-4-11-23)15-9-7-14(8-10-15)13-24-26-18(28)25-17-6-3-2-5-16(17)19(20,21)22/h2-3,5-10,13H,4,12H2,1H3,(H2,25,26,28)/b24-13-. The Bertz CT molecular complexity index is 872. The SMILES string of the molecule is CN(CCC#N)c1ccc(/C=N\NC(=S)Nc2ccccc2C(F)(F)F)cc1. The zero-order valence-corrected chi connectivity index (χ0v) is 15.8. The van der Waals surface area contributed by atoms with E-state index in [1.165, 1.54) is 24.4 Å². The number of hydrogen-bond acceptors (Lipinski definition) is 4. The highest BCUT2D eigenvalue weighted by molar-refractivity contribution is 7.80. The molecule has 146 valence electrons. The molecule has 0 spiro atoms. The molecular formula is C19H18F3N5S. The lowest BCUT2D eigenvalue weighted by Crippen LogP contribution is -2.25. The topological polar surface area (TPSA) is 63.5 Å². The summed E-state index contributed by atoms with van der Waals surface area (Å²) in [6, 6.07) is 14.6. The summed E-state index contributed by atoms with van der Waals surface area (Å²) in [6.07, 6.45) is -2.54. The van der Waals surface area contributed by atoms with Gasteiger partial charge in [0.05, 0.1) is 30.0 Å². The molecule has 0 saturated heterocycles. The van der Waals surface area contributed by atoms with Crippen LogP contribution in [-0.4, -0.2) is 24.9 Å². The van der Waals surface area contributed by atoms with Gasteiger partial charge >= 0.3 is 6.18 Å². The molecule has 5 nitrogen and oxygen atoms in total. The highest BCUT2D eigenvalue weighted by Crippen LogP contribution is 2.34. The number of rotatable bonds is 6. The highest BCUT2D eigenvalue weighted by atomic mass is 32.1. The molecule has 2 N–H and O–H groups in total. The van der Waals surface area contributed by atoms with Crippen LogP contribution in [0.25, 0.3) is 0 Å². The van der Waals surface area contributed by atoms with Crippen molar-refractivity contribution in [3.63, 3.8) is 0 Å². The van der Waals surface area contributed by atoms with Gasteiger partial charge in [-0.05, 0) is 42.0 Å². The number of para-hydroxylation sites is 1. The highest BCUT2D eigenvalue weighted by Gasteiger charge is 2.33. The Balaban J connectivity index is 1.93. The quantitative estimate of drug-likeness (QED) is 0.424. The lowest BCUT2D eigenvalue weighted by molar-refractivity contribution is -0.136. The number of alkyl halides is 3. The fourth-order valence-electron chi connectivity index (χ4n) is 2.32. The summed E-state index contributed by atoms with van der Waals surface area (Å²) in [4.78, 5) is 1.96. The molecule has 2 aromatic rings. The first kappa shape index (κ1) is 21.2. The maximum Gasteiger partial charge on any atom is 0.418 e. The van der Waals surface area contributed by atoms with Crippen molar-refractivity contribution in [3.05, 3.63) is 59.7 Å². The van der Waals surface area contributed by atoms with Crippen molar-refractivity contribution in [1.82, 2.24) is 5.43 Å². The van der Waals surface area contributed by atoms with Crippen LogP contribution in [0.3, 0.4) is 0 Å². The predicted molar refractivity (Wildman–Crippen MR) is 108 cm³/mol. The monoisotopic (exact) mass is 405 g/mol. The molecule has 2 aromatic carbocycles. The molecule has 2 rings (SSSR count). The van der Waals surface area contributed by atoms with Crippen molar-refractivity contribution in [2.45, 2.75) is 12.6 Å². The van der Waals surface area contributed by atoms with Gasteiger partial charge in [0.1, 0.15) is 0 Å². The normalized spacial score (nSPS) is 11.1. The molecule has 28 heavy (non-hydrogen) atoms. The number of anilines is 2. The van der Waals surface area contributed by atoms with Crippen LogP contribution in [0, 0.1) is 11.3 Å². The molecular weight excluding hydrogens is 387 g/mol. The molecule has 0 aromatic heterocycles. The number of nitrogens with one attached hydrogen (secondary N) is 2. The van der Waals surface area contributed by atoms with Gasteiger partial charge in [-0.15, -0.1) is 0 Å². The Labute approximate surface area is 166 Å². The van der Waals surface area contributed by atoms with Crippen LogP contribution >= 0.6 is 12.2 Å². The van der Waals surface area contributed by atoms with Gasteiger partial charge in [-0.1, -0.05) is 24.3 Å². The van der Waals surface area contributed by atoms with Crippen molar-refractivity contribution < 1.29 is 13.2 Å². The number of nitrogens with zero attached hydrogens (tertiary/aromatic N) is 3. The first-order chi connectivity index (χ1) is 13.3. The van der Waals surface area contributed by atoms with Gasteiger partial charge in [0.2, 0.25) is 0 Å². The lowest BCUT2D eigenvalue weighted by atomic mass is 10.2. The summed E-state index contributed by atoms with van der Waals surface area (Å²) in [5.74, 6) is 0. The Morgan fingerprint density at radius 1 is 1.21 bits per heavy atom. The average molecular weight is 405 g/mol. The van der Waals surface area contributed by atoms with E-state index in [1.807, 2.05) is 36.2 Å². The molecule has 0 aliphatic heterocycles. The first-order valence-corrected chi connectivity index (χ1v) is 8.66. The van der Waals surface area contributed by atoms with E-state index >= 15 is 0 Å². The van der Waals surface area contributed by atoms with E-state index in [9.17, 15) is 13.2 Å². The van der Waals surface area contributed by atoms with Crippen LogP contribution in [0.4, 0.5) is 24.5 Å². The molecule has 0 atom stereocenters. The Morgan fingerprint density at radius 2 is 1.89 bits per heavy atom. The van der Waals surface area contributed by atoms with E-state index in [0.717, 1.165) is 17.3 Å². The Kier molecular flexibility index (Phi) is 7.35. The molecule has 0 bridgehead atoms. The molecule has 0 aliphatic carbocycles. The van der Waals surface area contributed by atoms with Gasteiger partial charge < -0.3 is 10.2 Å². The fraction of sp³-hybridized carbons (Fsp3) is 0.211. The van der Waals surface area contributed by atoms with E-state index in [0.29, 0.717) is 13.0 Å². The minimum atomic E-state index is -4.48. The third-order valence-corrected chi connectivity index (χ3v) is 3.95. The molecule has 0 amide bonds. The summed E-state index contributed by atoms with van der Waals surface area (Å²) >= 11 is 4.99. The van der Waals surface area contributed by atoms with Crippen molar-refractivity contribution in [2.24, 2.45) is 5.10 Å². The Morgan fingerprint density at radius 3 is 2.54 bits per heavy atom. The second-order valence-electron chi connectivity index (χ2n) is 5.79. The molecule has 0 aliphatic rings. The predicted octanol–water partition coefficient (Wildman–Crippen LogP) is 4.38. The summed E-state index contributed by atoms with van der Waals surface area (Å²) in [7, 11) is 1.89. The average Bonchev–Trinajstić information content (AvgIpc) is 2.66. The van der Waals surface area contributed by atoms with Gasteiger partial charge in [0, 0.05) is 19.3 Å². The Hall–Kier alpha value is -3.12. The number of thiocarbonyl (C=S) groups is 1. The van der Waals surface area contributed by atoms with Gasteiger partial charge in [0.15, 0.2) is 5.11 Å². The maximum absolute atomic E-state index is 13.0. The second kappa shape index (κ2) is 9.71. The molecule has 9 heteroatoms. The summed E-state index contributed by atoms with van der Waals surface area (Å²) in [5.41, 5.74) is 3.29. The minimum absolute atomic E-state index is 0.0548. The fourth-order valence-corrected chi connectivity index (χ4v) is 2.48. The van der Waals surface area contributed by atoms with Gasteiger partial charge in [-0.25, -0.2) is 0 Å². The summed E-state index contributed by atoms with van der Waals surface area (Å²) in [5, 5.41) is 15.0. The van der Waals surface area contributed by atoms with E-state index in [2.05, 4.69) is 21.9 Å². The number of halogens is 3. The third kappa shape index (κ3) is 6.25. The van der Waals surface area contributed by atoms with Crippen LogP contribution < -0.4 is 15.6 Å². The van der Waals surface area contributed by atoms with Crippen LogP contribution in [-0.2, 0) is 6.18 Å². The van der Waals surface area contributed by atoms with Crippen molar-refractivity contribution >= 4 is 34.9 Å². The second-order valence-corrected chi connectivity index (χ2v) is 6.20. The van der Waals surface area contributed by atoms with E-state index in [1.54, 1.807) is 0 Å². The van der Waals surface area contributed by atoms with Crippen LogP contribution in [0.15, 0.2) is 53.6 Å². The van der Waals surface area contributed by atoms with Crippen LogP contribution in [0.1, 0.15) is 17.5 Å². The van der Waals surface area contributed by atoms with Gasteiger partial charge in [-0.2, -0.15) is 23.5 Å². The third-order valence-electron chi connectivity index (χ3n) is 3.75. The van der Waals surface area contributed by atoms with Crippen molar-refractivity contribution in [2.75, 3.05) is 23.8 Å². The van der Waals surface area contributed by atoms with Crippen LogP contribution in [0.5, 0.6) is 0 Å². The molecule has 0 saturated carbocycles. The largest absolute Gasteiger partial charge is 0.418 e. The first-order valence-electron chi connectivity index (χ1n) is 8.25. The minimum Gasteiger partial charge on any atom is -0.374 e. The van der Waals surface area contributed by atoms with E-state index < -0.39 is 11.7 Å². The van der Waals surface area contributed by atoms with Crippen molar-refractivity contribution in [1.29, 1.82) is 5.26 Å². The zero-order valence-electron chi connectivity index (χ0n) is 15.0. The number of nitriles is 1. The van der Waals surface area contributed by atoms with Crippen LogP contribution in [0.2, 0.25) is 0 Å². The maximum atomic E-state index is 13.0. The molecule has 0 radical (unpaired) electrons. The number of hydrogen-bond donors (Lipinski definition) is 2. The summed E-state index contributed by atoms with van der Waals surface area (Å²) in [6.45, 7) is 0.630. The number of hydrazone groups is 1. The van der Waals surface area contributed by atoms with Gasteiger partial charge in [0.25, 0.3) is 0 Å². The molecule has 0 heterocycles. The summed E-state index contributed by atoms with van der Waals surface area (Å²) < 4.78 is 38.9. The smallest absolute Gasteiger partial charge is 0.374 e. The van der Waals surface area contributed by atoms with Crippen molar-refractivity contribution in [3.8, 4) is 6.07 Å². The molecule has 0 fully saturated rings.